The lowest BCUT2D eigenvalue weighted by molar-refractivity contribution is 0.990. The maximum atomic E-state index is 4.34. The van der Waals surface area contributed by atoms with Crippen molar-refractivity contribution in [3.05, 3.63) is 51.9 Å². The third kappa shape index (κ3) is 3.27. The average molecular weight is 292 g/mol. The first-order valence-electron chi connectivity index (χ1n) is 5.45. The molecule has 0 bridgehead atoms. The summed E-state index contributed by atoms with van der Waals surface area (Å²) in [5, 5.41) is 3.30. The SMILES string of the molecule is Cc1cc(NCc2ccccc2Br)nc(C)n1. The van der Waals surface area contributed by atoms with Crippen molar-refractivity contribution < 1.29 is 0 Å². The minimum absolute atomic E-state index is 0.747. The van der Waals surface area contributed by atoms with E-state index in [1.54, 1.807) is 0 Å². The lowest BCUT2D eigenvalue weighted by Crippen LogP contribution is -2.04. The van der Waals surface area contributed by atoms with Gasteiger partial charge in [-0.1, -0.05) is 34.1 Å². The minimum atomic E-state index is 0.747. The molecule has 0 radical (unpaired) electrons. The van der Waals surface area contributed by atoms with Crippen LogP contribution in [0.2, 0.25) is 0 Å². The lowest BCUT2D eigenvalue weighted by Gasteiger charge is -2.08. The molecule has 1 heterocycles. The second kappa shape index (κ2) is 5.27. The lowest BCUT2D eigenvalue weighted by atomic mass is 10.2. The van der Waals surface area contributed by atoms with Crippen LogP contribution in [-0.4, -0.2) is 9.97 Å². The molecular formula is C13H14BrN3. The van der Waals surface area contributed by atoms with Crippen molar-refractivity contribution in [2.75, 3.05) is 5.32 Å². The van der Waals surface area contributed by atoms with Crippen molar-refractivity contribution in [2.45, 2.75) is 20.4 Å². The molecule has 0 amide bonds. The fourth-order valence-electron chi connectivity index (χ4n) is 1.64. The first kappa shape index (κ1) is 12.0. The molecule has 0 aliphatic heterocycles. The highest BCUT2D eigenvalue weighted by molar-refractivity contribution is 9.10. The van der Waals surface area contributed by atoms with Gasteiger partial charge in [0.2, 0.25) is 0 Å². The number of nitrogens with zero attached hydrogens (tertiary/aromatic N) is 2. The van der Waals surface area contributed by atoms with Crippen molar-refractivity contribution in [3.8, 4) is 0 Å². The van der Waals surface area contributed by atoms with E-state index >= 15 is 0 Å². The van der Waals surface area contributed by atoms with Crippen LogP contribution in [0.4, 0.5) is 5.82 Å². The van der Waals surface area contributed by atoms with Crippen LogP contribution in [0.5, 0.6) is 0 Å². The molecule has 88 valence electrons. The Balaban J connectivity index is 2.10. The van der Waals surface area contributed by atoms with E-state index in [-0.39, 0.29) is 0 Å². The van der Waals surface area contributed by atoms with Crippen molar-refractivity contribution >= 4 is 21.7 Å². The normalized spacial score (nSPS) is 10.3. The summed E-state index contributed by atoms with van der Waals surface area (Å²) in [6, 6.07) is 10.1. The van der Waals surface area contributed by atoms with Gasteiger partial charge in [0.05, 0.1) is 0 Å². The second-order valence-electron chi connectivity index (χ2n) is 3.89. The number of rotatable bonds is 3. The first-order valence-corrected chi connectivity index (χ1v) is 6.24. The number of hydrogen-bond acceptors (Lipinski definition) is 3. The smallest absolute Gasteiger partial charge is 0.130 e. The highest BCUT2D eigenvalue weighted by Crippen LogP contribution is 2.17. The van der Waals surface area contributed by atoms with Gasteiger partial charge in [-0.3, -0.25) is 0 Å². The van der Waals surface area contributed by atoms with Crippen molar-refractivity contribution in [3.63, 3.8) is 0 Å². The maximum Gasteiger partial charge on any atom is 0.130 e. The summed E-state index contributed by atoms with van der Waals surface area (Å²) in [5.74, 6) is 1.66. The summed E-state index contributed by atoms with van der Waals surface area (Å²) in [7, 11) is 0. The van der Waals surface area contributed by atoms with Gasteiger partial charge in [-0.05, 0) is 25.5 Å². The molecular weight excluding hydrogens is 278 g/mol. The Morgan fingerprint density at radius 3 is 2.65 bits per heavy atom. The first-order chi connectivity index (χ1) is 8.15. The highest BCUT2D eigenvalue weighted by Gasteiger charge is 2.01. The zero-order valence-corrected chi connectivity index (χ0v) is 11.5. The van der Waals surface area contributed by atoms with Crippen LogP contribution >= 0.6 is 15.9 Å². The predicted octanol–water partition coefficient (Wildman–Crippen LogP) is 3.47. The quantitative estimate of drug-likeness (QED) is 0.941. The molecule has 0 saturated heterocycles. The molecule has 0 aliphatic rings. The minimum Gasteiger partial charge on any atom is -0.366 e. The van der Waals surface area contributed by atoms with Crippen LogP contribution in [0.1, 0.15) is 17.1 Å². The van der Waals surface area contributed by atoms with Gasteiger partial charge in [-0.25, -0.2) is 9.97 Å². The van der Waals surface area contributed by atoms with Crippen LogP contribution in [-0.2, 0) is 6.54 Å². The summed E-state index contributed by atoms with van der Waals surface area (Å²) < 4.78 is 1.11. The fraction of sp³-hybridized carbons (Fsp3) is 0.231. The van der Waals surface area contributed by atoms with Gasteiger partial charge in [0.15, 0.2) is 0 Å². The molecule has 0 spiro atoms. The van der Waals surface area contributed by atoms with Crippen LogP contribution in [0.15, 0.2) is 34.8 Å². The van der Waals surface area contributed by atoms with Gasteiger partial charge in [0.25, 0.3) is 0 Å². The van der Waals surface area contributed by atoms with E-state index in [1.165, 1.54) is 5.56 Å². The zero-order valence-electron chi connectivity index (χ0n) is 9.87. The molecule has 0 fully saturated rings. The van der Waals surface area contributed by atoms with Gasteiger partial charge in [-0.15, -0.1) is 0 Å². The van der Waals surface area contributed by atoms with Gasteiger partial charge >= 0.3 is 0 Å². The fourth-order valence-corrected chi connectivity index (χ4v) is 2.06. The third-order valence-corrected chi connectivity index (χ3v) is 3.16. The molecule has 0 aliphatic carbocycles. The van der Waals surface area contributed by atoms with Crippen molar-refractivity contribution in [1.29, 1.82) is 0 Å². The molecule has 1 N–H and O–H groups in total. The van der Waals surface area contributed by atoms with Gasteiger partial charge < -0.3 is 5.32 Å². The molecule has 0 atom stereocenters. The molecule has 0 unspecified atom stereocenters. The molecule has 2 aromatic rings. The van der Waals surface area contributed by atoms with E-state index in [0.29, 0.717) is 0 Å². The summed E-state index contributed by atoms with van der Waals surface area (Å²) in [5.41, 5.74) is 2.19. The number of hydrogen-bond donors (Lipinski definition) is 1. The summed E-state index contributed by atoms with van der Waals surface area (Å²) >= 11 is 3.53. The Labute approximate surface area is 109 Å². The second-order valence-corrected chi connectivity index (χ2v) is 4.74. The molecule has 1 aromatic heterocycles. The van der Waals surface area contributed by atoms with E-state index in [1.807, 2.05) is 38.1 Å². The number of aryl methyl sites for hydroxylation is 2. The standard InChI is InChI=1S/C13H14BrN3/c1-9-7-13(17-10(2)16-9)15-8-11-5-3-4-6-12(11)14/h3-7H,8H2,1-2H3,(H,15,16,17). The Morgan fingerprint density at radius 2 is 1.94 bits per heavy atom. The Bertz CT molecular complexity index is 506. The van der Waals surface area contributed by atoms with E-state index in [9.17, 15) is 0 Å². The number of aromatic nitrogens is 2. The van der Waals surface area contributed by atoms with E-state index in [2.05, 4.69) is 37.3 Å². The zero-order chi connectivity index (χ0) is 12.3. The molecule has 1 aromatic carbocycles. The predicted molar refractivity (Wildman–Crippen MR) is 73.0 cm³/mol. The summed E-state index contributed by atoms with van der Waals surface area (Å²) in [6.45, 7) is 4.62. The monoisotopic (exact) mass is 291 g/mol. The number of nitrogens with one attached hydrogen (secondary N) is 1. The Morgan fingerprint density at radius 1 is 1.18 bits per heavy atom. The molecule has 17 heavy (non-hydrogen) atoms. The van der Waals surface area contributed by atoms with Gasteiger partial charge in [0.1, 0.15) is 11.6 Å². The summed E-state index contributed by atoms with van der Waals surface area (Å²) in [6.07, 6.45) is 0. The molecule has 3 nitrogen and oxygen atoms in total. The topological polar surface area (TPSA) is 37.8 Å². The van der Waals surface area contributed by atoms with Crippen molar-refractivity contribution in [1.82, 2.24) is 9.97 Å². The van der Waals surface area contributed by atoms with Crippen LogP contribution in [0, 0.1) is 13.8 Å². The molecule has 2 rings (SSSR count). The summed E-state index contributed by atoms with van der Waals surface area (Å²) in [4.78, 5) is 8.59. The molecule has 0 saturated carbocycles. The van der Waals surface area contributed by atoms with Crippen LogP contribution in [0.25, 0.3) is 0 Å². The molecule has 4 heteroatoms. The van der Waals surface area contributed by atoms with E-state index in [0.717, 1.165) is 28.4 Å². The van der Waals surface area contributed by atoms with Crippen LogP contribution < -0.4 is 5.32 Å². The largest absolute Gasteiger partial charge is 0.366 e. The van der Waals surface area contributed by atoms with Gasteiger partial charge in [0, 0.05) is 22.8 Å². The van der Waals surface area contributed by atoms with Gasteiger partial charge in [-0.2, -0.15) is 0 Å². The van der Waals surface area contributed by atoms with E-state index in [4.69, 9.17) is 0 Å². The van der Waals surface area contributed by atoms with Crippen LogP contribution in [0.3, 0.4) is 0 Å². The highest BCUT2D eigenvalue weighted by atomic mass is 79.9. The maximum absolute atomic E-state index is 4.34. The average Bonchev–Trinajstić information content (AvgIpc) is 2.27. The number of benzene rings is 1. The third-order valence-electron chi connectivity index (χ3n) is 2.38. The Kier molecular flexibility index (Phi) is 3.74. The number of halogens is 1. The Hall–Kier alpha value is -1.42. The number of anilines is 1. The van der Waals surface area contributed by atoms with E-state index < -0.39 is 0 Å². The van der Waals surface area contributed by atoms with Crippen molar-refractivity contribution in [2.24, 2.45) is 0 Å².